The van der Waals surface area contributed by atoms with E-state index in [1.54, 1.807) is 0 Å². The first-order valence-corrected chi connectivity index (χ1v) is 8.98. The van der Waals surface area contributed by atoms with Crippen molar-refractivity contribution in [3.8, 4) is 0 Å². The van der Waals surface area contributed by atoms with Crippen LogP contribution < -0.4 is 10.2 Å². The largest absolute Gasteiger partial charge is 0.373 e. The molecule has 0 unspecified atom stereocenters. The van der Waals surface area contributed by atoms with Gasteiger partial charge in [-0.05, 0) is 30.9 Å². The smallest absolute Gasteiger partial charge is 0.318 e. The summed E-state index contributed by atoms with van der Waals surface area (Å²) in [5, 5.41) is 7.61. The highest BCUT2D eigenvalue weighted by Gasteiger charge is 2.27. The fraction of sp³-hybridized carbons (Fsp3) is 0.474. The lowest BCUT2D eigenvalue weighted by molar-refractivity contribution is 0.192. The first-order chi connectivity index (χ1) is 12.1. The van der Waals surface area contributed by atoms with Gasteiger partial charge in [-0.1, -0.05) is 18.2 Å². The third kappa shape index (κ3) is 2.97. The van der Waals surface area contributed by atoms with Gasteiger partial charge in [0.1, 0.15) is 0 Å². The van der Waals surface area contributed by atoms with Crippen molar-refractivity contribution in [1.29, 1.82) is 0 Å². The van der Waals surface area contributed by atoms with Crippen molar-refractivity contribution in [1.82, 2.24) is 20.0 Å². The van der Waals surface area contributed by atoms with Gasteiger partial charge in [0.2, 0.25) is 0 Å². The molecule has 6 nitrogen and oxygen atoms in total. The summed E-state index contributed by atoms with van der Waals surface area (Å²) in [5.41, 5.74) is 4.83. The summed E-state index contributed by atoms with van der Waals surface area (Å²) < 4.78 is 1.94. The van der Waals surface area contributed by atoms with Crippen LogP contribution in [0.1, 0.15) is 35.7 Å². The summed E-state index contributed by atoms with van der Waals surface area (Å²) >= 11 is 0. The summed E-state index contributed by atoms with van der Waals surface area (Å²) in [7, 11) is 4.06. The van der Waals surface area contributed by atoms with Gasteiger partial charge in [0.15, 0.2) is 0 Å². The van der Waals surface area contributed by atoms with E-state index in [2.05, 4.69) is 40.6 Å². The number of anilines is 1. The number of nitrogens with one attached hydrogen (secondary N) is 1. The zero-order valence-corrected chi connectivity index (χ0v) is 14.9. The molecule has 1 aromatic heterocycles. The highest BCUT2D eigenvalue weighted by molar-refractivity contribution is 5.75. The van der Waals surface area contributed by atoms with Gasteiger partial charge in [-0.15, -0.1) is 0 Å². The first kappa shape index (κ1) is 16.0. The van der Waals surface area contributed by atoms with Crippen LogP contribution in [0, 0.1) is 0 Å². The molecule has 2 aromatic rings. The molecule has 2 heterocycles. The number of fused-ring (bicyclic) bond motifs is 2. The second-order valence-electron chi connectivity index (χ2n) is 7.04. The van der Waals surface area contributed by atoms with Crippen LogP contribution in [0.2, 0.25) is 0 Å². The predicted octanol–water partition coefficient (Wildman–Crippen LogP) is 2.46. The number of hydrogen-bond donors (Lipinski definition) is 1. The van der Waals surface area contributed by atoms with Crippen LogP contribution in [0.4, 0.5) is 10.5 Å². The van der Waals surface area contributed by atoms with E-state index in [9.17, 15) is 4.79 Å². The molecule has 0 saturated heterocycles. The highest BCUT2D eigenvalue weighted by Crippen LogP contribution is 2.30. The molecule has 1 aliphatic heterocycles. The number of para-hydroxylation sites is 1. The van der Waals surface area contributed by atoms with Crippen molar-refractivity contribution >= 4 is 11.7 Å². The van der Waals surface area contributed by atoms with Crippen LogP contribution >= 0.6 is 0 Å². The molecule has 2 amide bonds. The summed E-state index contributed by atoms with van der Waals surface area (Å²) in [6, 6.07) is 8.42. The Bertz CT molecular complexity index is 784. The van der Waals surface area contributed by atoms with E-state index >= 15 is 0 Å². The van der Waals surface area contributed by atoms with Crippen molar-refractivity contribution in [2.75, 3.05) is 25.0 Å². The van der Waals surface area contributed by atoms with Crippen molar-refractivity contribution in [2.45, 2.75) is 31.8 Å². The third-order valence-corrected chi connectivity index (χ3v) is 5.43. The minimum Gasteiger partial charge on any atom is -0.373 e. The lowest BCUT2D eigenvalue weighted by atomic mass is 9.93. The number of amides is 2. The van der Waals surface area contributed by atoms with E-state index in [-0.39, 0.29) is 12.1 Å². The van der Waals surface area contributed by atoms with Gasteiger partial charge in [-0.25, -0.2) is 4.79 Å². The van der Waals surface area contributed by atoms with Crippen LogP contribution in [0.15, 0.2) is 30.5 Å². The molecule has 0 saturated carbocycles. The molecular formula is C19H25N5O. The van der Waals surface area contributed by atoms with Crippen molar-refractivity contribution in [3.63, 3.8) is 0 Å². The molecule has 0 fully saturated rings. The van der Waals surface area contributed by atoms with E-state index in [0.29, 0.717) is 6.54 Å². The standard InChI is InChI=1S/C19H25N5O/c1-22-10-11-24(13-14-6-3-4-8-17(14)22)19(25)21-16-7-5-9-18-15(16)12-20-23(18)2/h3-4,6,8,12,16H,5,7,9-11,13H2,1-2H3,(H,21,25)/t16-/m0/s1. The Labute approximate surface area is 148 Å². The molecule has 0 radical (unpaired) electrons. The van der Waals surface area contributed by atoms with Gasteiger partial charge in [0.25, 0.3) is 0 Å². The normalized spacial score (nSPS) is 19.8. The van der Waals surface area contributed by atoms with Gasteiger partial charge in [0, 0.05) is 50.7 Å². The van der Waals surface area contributed by atoms with E-state index in [0.717, 1.165) is 32.4 Å². The monoisotopic (exact) mass is 339 g/mol. The minimum absolute atomic E-state index is 0.0202. The molecule has 2 aliphatic rings. The maximum atomic E-state index is 12.9. The Morgan fingerprint density at radius 3 is 2.96 bits per heavy atom. The quantitative estimate of drug-likeness (QED) is 0.868. The minimum atomic E-state index is 0.0202. The zero-order chi connectivity index (χ0) is 17.4. The highest BCUT2D eigenvalue weighted by atomic mass is 16.2. The number of carbonyl (C=O) groups is 1. The number of aromatic nitrogens is 2. The Morgan fingerprint density at radius 1 is 1.24 bits per heavy atom. The molecule has 1 aliphatic carbocycles. The molecular weight excluding hydrogens is 314 g/mol. The molecule has 4 rings (SSSR count). The fourth-order valence-electron chi connectivity index (χ4n) is 3.96. The average molecular weight is 339 g/mol. The maximum Gasteiger partial charge on any atom is 0.318 e. The van der Waals surface area contributed by atoms with E-state index < -0.39 is 0 Å². The van der Waals surface area contributed by atoms with Crippen LogP contribution in [-0.2, 0) is 20.0 Å². The Balaban J connectivity index is 1.51. The lowest BCUT2D eigenvalue weighted by Gasteiger charge is -2.28. The Kier molecular flexibility index (Phi) is 4.11. The van der Waals surface area contributed by atoms with E-state index in [4.69, 9.17) is 0 Å². The van der Waals surface area contributed by atoms with Crippen molar-refractivity contribution in [3.05, 3.63) is 47.3 Å². The number of nitrogens with zero attached hydrogens (tertiary/aromatic N) is 4. The number of urea groups is 1. The van der Waals surface area contributed by atoms with Crippen LogP contribution in [-0.4, -0.2) is 40.8 Å². The molecule has 1 aromatic carbocycles. The Hall–Kier alpha value is -2.50. The number of hydrogen-bond acceptors (Lipinski definition) is 3. The average Bonchev–Trinajstić information content (AvgIpc) is 2.91. The van der Waals surface area contributed by atoms with Gasteiger partial charge in [-0.2, -0.15) is 5.10 Å². The maximum absolute atomic E-state index is 12.9. The number of aryl methyl sites for hydroxylation is 1. The van der Waals surface area contributed by atoms with Gasteiger partial charge >= 0.3 is 6.03 Å². The molecule has 0 spiro atoms. The Morgan fingerprint density at radius 2 is 2.08 bits per heavy atom. The lowest BCUT2D eigenvalue weighted by Crippen LogP contribution is -2.43. The summed E-state index contributed by atoms with van der Waals surface area (Å²) in [4.78, 5) is 17.1. The summed E-state index contributed by atoms with van der Waals surface area (Å²) in [5.74, 6) is 0. The molecule has 25 heavy (non-hydrogen) atoms. The molecule has 0 bridgehead atoms. The zero-order valence-electron chi connectivity index (χ0n) is 14.9. The SMILES string of the molecule is CN1CCN(C(=O)N[C@H]2CCCc3c2cnn3C)Cc2ccccc21. The number of likely N-dealkylation sites (N-methyl/N-ethyl adjacent to an activating group) is 1. The second-order valence-corrected chi connectivity index (χ2v) is 7.04. The molecule has 1 atom stereocenters. The fourth-order valence-corrected chi connectivity index (χ4v) is 3.96. The van der Waals surface area contributed by atoms with Crippen molar-refractivity contribution in [2.24, 2.45) is 7.05 Å². The predicted molar refractivity (Wildman–Crippen MR) is 97.5 cm³/mol. The topological polar surface area (TPSA) is 53.4 Å². The van der Waals surface area contributed by atoms with Gasteiger partial charge in [-0.3, -0.25) is 4.68 Å². The van der Waals surface area contributed by atoms with Gasteiger partial charge < -0.3 is 15.1 Å². The molecule has 6 heteroatoms. The van der Waals surface area contributed by atoms with E-state index in [1.165, 1.54) is 22.5 Å². The van der Waals surface area contributed by atoms with Crippen LogP contribution in [0.5, 0.6) is 0 Å². The van der Waals surface area contributed by atoms with Gasteiger partial charge in [0.05, 0.1) is 12.2 Å². The molecule has 1 N–H and O–H groups in total. The summed E-state index contributed by atoms with van der Waals surface area (Å²) in [6.07, 6.45) is 5.02. The number of benzene rings is 1. The summed E-state index contributed by atoms with van der Waals surface area (Å²) in [6.45, 7) is 2.22. The second kappa shape index (κ2) is 6.43. The van der Waals surface area contributed by atoms with Crippen molar-refractivity contribution < 1.29 is 4.79 Å². The number of carbonyl (C=O) groups excluding carboxylic acids is 1. The van der Waals surface area contributed by atoms with E-state index in [1.807, 2.05) is 28.9 Å². The number of rotatable bonds is 1. The molecule has 132 valence electrons. The third-order valence-electron chi connectivity index (χ3n) is 5.43. The van der Waals surface area contributed by atoms with Crippen LogP contribution in [0.25, 0.3) is 0 Å². The first-order valence-electron chi connectivity index (χ1n) is 8.98. The van der Waals surface area contributed by atoms with Crippen LogP contribution in [0.3, 0.4) is 0 Å².